The number of sulfonamides is 2. The average molecular weight is 671 g/mol. The molecule has 0 bridgehead atoms. The maximum atomic E-state index is 13.6. The molecule has 2 saturated heterocycles. The van der Waals surface area contributed by atoms with Crippen molar-refractivity contribution in [3.8, 4) is 0 Å². The molecule has 2 heterocycles. The molecule has 3 N–H and O–H groups in total. The second-order valence-electron chi connectivity index (χ2n) is 10.8. The van der Waals surface area contributed by atoms with Gasteiger partial charge in [0, 0.05) is 48.4 Å². The van der Waals surface area contributed by atoms with Crippen molar-refractivity contribution in [3.63, 3.8) is 0 Å². The van der Waals surface area contributed by atoms with Gasteiger partial charge in [-0.2, -0.15) is 8.61 Å². The number of benzene rings is 2. The van der Waals surface area contributed by atoms with E-state index in [-0.39, 0.29) is 43.5 Å². The zero-order chi connectivity index (χ0) is 31.5. The third-order valence-corrected chi connectivity index (χ3v) is 12.2. The van der Waals surface area contributed by atoms with Crippen molar-refractivity contribution in [3.05, 3.63) is 58.7 Å². The molecule has 240 valence electrons. The maximum Gasteiger partial charge on any atom is 0.472 e. The van der Waals surface area contributed by atoms with Crippen LogP contribution in [-0.4, -0.2) is 84.8 Å². The van der Waals surface area contributed by atoms with Gasteiger partial charge in [0.05, 0.1) is 9.79 Å². The third-order valence-electron chi connectivity index (χ3n) is 7.94. The Labute approximate surface area is 256 Å². The minimum atomic E-state index is -4.88. The number of nitrogens with zero attached hydrogens (tertiary/aromatic N) is 4. The van der Waals surface area contributed by atoms with Gasteiger partial charge in [-0.15, -0.1) is 0 Å². The number of fused-ring (bicyclic) bond motifs is 2. The Bertz CT molecular complexity index is 1710. The van der Waals surface area contributed by atoms with Gasteiger partial charge in [0.2, 0.25) is 26.8 Å². The predicted molar refractivity (Wildman–Crippen MR) is 159 cm³/mol. The van der Waals surface area contributed by atoms with E-state index in [0.717, 1.165) is 51.4 Å². The molecule has 2 aliphatic heterocycles. The molecule has 0 aromatic heterocycles. The van der Waals surface area contributed by atoms with Gasteiger partial charge < -0.3 is 19.8 Å². The largest absolute Gasteiger partial charge is 0.472 e. The van der Waals surface area contributed by atoms with E-state index >= 15 is 0 Å². The molecule has 17 heteroatoms. The van der Waals surface area contributed by atoms with E-state index in [9.17, 15) is 26.6 Å². The van der Waals surface area contributed by atoms with Crippen LogP contribution in [0.2, 0.25) is 0 Å². The van der Waals surface area contributed by atoms with E-state index in [0.29, 0.717) is 26.2 Å². The van der Waals surface area contributed by atoms with E-state index in [4.69, 9.17) is 14.6 Å². The van der Waals surface area contributed by atoms with Crippen LogP contribution in [-0.2, 0) is 34.0 Å². The molecular formula is C27H35N4O10PS2. The fourth-order valence-electron chi connectivity index (χ4n) is 5.71. The van der Waals surface area contributed by atoms with Gasteiger partial charge in [-0.3, -0.25) is 0 Å². The zero-order valence-electron chi connectivity index (χ0n) is 23.9. The van der Waals surface area contributed by atoms with Gasteiger partial charge in [-0.05, 0) is 49.9 Å². The smallest absolute Gasteiger partial charge is 0.410 e. The van der Waals surface area contributed by atoms with Crippen LogP contribution in [0.15, 0.2) is 56.5 Å². The van der Waals surface area contributed by atoms with Gasteiger partial charge in [0.25, 0.3) is 0 Å². The van der Waals surface area contributed by atoms with Crippen LogP contribution in [0.5, 0.6) is 0 Å². The molecule has 0 amide bonds. The highest BCUT2D eigenvalue weighted by molar-refractivity contribution is 7.89. The summed E-state index contributed by atoms with van der Waals surface area (Å²) in [6, 6.07) is 8.43. The van der Waals surface area contributed by atoms with E-state index < -0.39 is 34.7 Å². The van der Waals surface area contributed by atoms with Crippen LogP contribution in [0.25, 0.3) is 0 Å². The van der Waals surface area contributed by atoms with Crippen molar-refractivity contribution in [2.45, 2.75) is 61.2 Å². The predicted octanol–water partition coefficient (Wildman–Crippen LogP) is 3.19. The van der Waals surface area contributed by atoms with E-state index in [1.54, 1.807) is 0 Å². The van der Waals surface area contributed by atoms with Gasteiger partial charge in [-0.25, -0.2) is 25.9 Å². The molecule has 0 spiro atoms. The molecule has 2 aromatic rings. The molecule has 5 rings (SSSR count). The summed E-state index contributed by atoms with van der Waals surface area (Å²) < 4.78 is 72.8. The fraction of sp³-hybridized carbons (Fsp3) is 0.481. The first kappa shape index (κ1) is 32.7. The maximum absolute atomic E-state index is 13.6. The molecule has 3 aliphatic rings. The summed E-state index contributed by atoms with van der Waals surface area (Å²) in [4.78, 5) is 23.1. The van der Waals surface area contributed by atoms with Crippen molar-refractivity contribution in [2.24, 2.45) is 10.3 Å². The standard InChI is InChI=1S/C27H35N4O10PS2/c32-28-26-22-11-9-21(44(38,39)31-15-7-3-4-8-16-31)18-25(22)27(29-40-19-41-42(33,34)35)23-12-10-20(17-24(23)26)43(36,37)30-13-5-1-2-6-14-30/h9-12,17-18,32H,1-8,13-16,19H2,(H2,33,34,35)/b28-26+,29-27+. The zero-order valence-corrected chi connectivity index (χ0v) is 26.4. The van der Waals surface area contributed by atoms with Gasteiger partial charge in [0.15, 0.2) is 0 Å². The van der Waals surface area contributed by atoms with Crippen molar-refractivity contribution >= 4 is 39.3 Å². The summed E-state index contributed by atoms with van der Waals surface area (Å²) in [7, 11) is -12.7. The average Bonchev–Trinajstić information content (AvgIpc) is 3.45. The first-order valence-electron chi connectivity index (χ1n) is 14.4. The lowest BCUT2D eigenvalue weighted by Gasteiger charge is -2.26. The van der Waals surface area contributed by atoms with Gasteiger partial charge in [0.1, 0.15) is 11.4 Å². The SMILES string of the molecule is O=P(O)(O)OCO/N=C1\c2ccc(S(=O)(=O)N3CCCCCC3)cc2/C(=N/O)c2ccc(S(=O)(=O)N3CCCCCC3)cc21. The lowest BCUT2D eigenvalue weighted by molar-refractivity contribution is 0.00128. The number of hydrogen-bond donors (Lipinski definition) is 3. The van der Waals surface area contributed by atoms with Crippen molar-refractivity contribution < 1.29 is 45.8 Å². The quantitative estimate of drug-likeness (QED) is 0.105. The molecular weight excluding hydrogens is 635 g/mol. The van der Waals surface area contributed by atoms with Crippen molar-refractivity contribution in [2.75, 3.05) is 33.0 Å². The van der Waals surface area contributed by atoms with E-state index in [2.05, 4.69) is 14.8 Å². The minimum absolute atomic E-state index is 0.00736. The van der Waals surface area contributed by atoms with E-state index in [1.165, 1.54) is 45.0 Å². The lowest BCUT2D eigenvalue weighted by Crippen LogP contribution is -2.33. The normalized spacial score (nSPS) is 21.0. The first-order chi connectivity index (χ1) is 20.9. The van der Waals surface area contributed by atoms with Crippen LogP contribution < -0.4 is 0 Å². The van der Waals surface area contributed by atoms with Crippen LogP contribution in [0, 0.1) is 0 Å². The number of rotatable bonds is 8. The summed E-state index contributed by atoms with van der Waals surface area (Å²) in [6.07, 6.45) is 6.71. The van der Waals surface area contributed by atoms with Gasteiger partial charge in [-0.1, -0.05) is 48.1 Å². The summed E-state index contributed by atoms with van der Waals surface area (Å²) in [5.74, 6) is 0. The summed E-state index contributed by atoms with van der Waals surface area (Å²) in [5, 5.41) is 17.6. The van der Waals surface area contributed by atoms with Crippen molar-refractivity contribution in [1.82, 2.24) is 8.61 Å². The Balaban J connectivity index is 1.60. The highest BCUT2D eigenvalue weighted by Gasteiger charge is 2.34. The van der Waals surface area contributed by atoms with Crippen molar-refractivity contribution in [1.29, 1.82) is 0 Å². The highest BCUT2D eigenvalue weighted by atomic mass is 32.2. The number of phosphoric acid groups is 1. The van der Waals surface area contributed by atoms with Crippen LogP contribution in [0.1, 0.15) is 73.6 Å². The monoisotopic (exact) mass is 670 g/mol. The molecule has 2 fully saturated rings. The summed E-state index contributed by atoms with van der Waals surface area (Å²) >= 11 is 0. The topological polar surface area (TPSA) is 196 Å². The molecule has 0 unspecified atom stereocenters. The fourth-order valence-corrected chi connectivity index (χ4v) is 8.99. The molecule has 0 atom stereocenters. The Hall–Kier alpha value is -2.69. The summed E-state index contributed by atoms with van der Waals surface area (Å²) in [5.41, 5.74) is 0.909. The van der Waals surface area contributed by atoms with Gasteiger partial charge >= 0.3 is 7.82 Å². The Morgan fingerprint density at radius 2 is 1.11 bits per heavy atom. The van der Waals surface area contributed by atoms with Crippen LogP contribution in [0.3, 0.4) is 0 Å². The Morgan fingerprint density at radius 1 is 0.682 bits per heavy atom. The second kappa shape index (κ2) is 13.3. The summed E-state index contributed by atoms with van der Waals surface area (Å²) in [6.45, 7) is 0.606. The molecule has 2 aromatic carbocycles. The number of hydrogen-bond acceptors (Lipinski definition) is 10. The molecule has 44 heavy (non-hydrogen) atoms. The second-order valence-corrected chi connectivity index (χ2v) is 15.9. The van der Waals surface area contributed by atoms with Crippen LogP contribution >= 0.6 is 7.82 Å². The molecule has 0 saturated carbocycles. The molecule has 0 radical (unpaired) electrons. The Kier molecular flexibility index (Phi) is 9.92. The molecule has 14 nitrogen and oxygen atoms in total. The Morgan fingerprint density at radius 3 is 1.55 bits per heavy atom. The highest BCUT2D eigenvalue weighted by Crippen LogP contribution is 2.36. The minimum Gasteiger partial charge on any atom is -0.410 e. The third kappa shape index (κ3) is 6.92. The molecule has 1 aliphatic carbocycles. The first-order valence-corrected chi connectivity index (χ1v) is 18.8. The lowest BCUT2D eigenvalue weighted by atomic mass is 9.83. The number of oxime groups is 2. The van der Waals surface area contributed by atoms with Crippen LogP contribution in [0.4, 0.5) is 0 Å². The van der Waals surface area contributed by atoms with E-state index in [1.807, 2.05) is 0 Å². The number of phosphoric ester groups is 1.